The second-order valence-corrected chi connectivity index (χ2v) is 6.33. The first kappa shape index (κ1) is 13.8. The molecule has 4 heteroatoms. The molecule has 2 atom stereocenters. The van der Waals surface area contributed by atoms with Crippen molar-refractivity contribution in [2.75, 3.05) is 12.4 Å². The van der Waals surface area contributed by atoms with Crippen molar-refractivity contribution < 1.29 is 14.6 Å². The van der Waals surface area contributed by atoms with Gasteiger partial charge in [-0.2, -0.15) is 11.8 Å². The van der Waals surface area contributed by atoms with Gasteiger partial charge in [-0.3, -0.25) is 4.79 Å². The molecule has 0 spiro atoms. The Labute approximate surface area is 102 Å². The Hall–Kier alpha value is -0.220. The lowest BCUT2D eigenvalue weighted by Gasteiger charge is -2.47. The number of hydrogen-bond acceptors (Lipinski definition) is 4. The first-order chi connectivity index (χ1) is 7.36. The van der Waals surface area contributed by atoms with E-state index in [1.54, 1.807) is 32.5 Å². The van der Waals surface area contributed by atoms with Crippen LogP contribution in [0.5, 0.6) is 0 Å². The summed E-state index contributed by atoms with van der Waals surface area (Å²) in [5, 5.41) is 10.8. The minimum absolute atomic E-state index is 0.0701. The van der Waals surface area contributed by atoms with Crippen LogP contribution in [-0.2, 0) is 9.53 Å². The normalized spacial score (nSPS) is 31.2. The summed E-state index contributed by atoms with van der Waals surface area (Å²) in [6.45, 7) is 7.71. The lowest BCUT2D eigenvalue weighted by molar-refractivity contribution is -0.172. The van der Waals surface area contributed by atoms with Crippen molar-refractivity contribution in [2.45, 2.75) is 51.4 Å². The first-order valence-electron chi connectivity index (χ1n) is 5.87. The third-order valence-corrected chi connectivity index (χ3v) is 5.02. The molecule has 16 heavy (non-hydrogen) atoms. The van der Waals surface area contributed by atoms with Gasteiger partial charge in [-0.05, 0) is 39.4 Å². The maximum Gasteiger partial charge on any atom is 0.314 e. The summed E-state index contributed by atoms with van der Waals surface area (Å²) in [5.41, 5.74) is -1.79. The van der Waals surface area contributed by atoms with E-state index in [0.29, 0.717) is 13.0 Å². The summed E-state index contributed by atoms with van der Waals surface area (Å²) < 4.78 is 5.07. The molecule has 1 aliphatic rings. The monoisotopic (exact) mass is 246 g/mol. The lowest BCUT2D eigenvalue weighted by atomic mass is 9.70. The van der Waals surface area contributed by atoms with Crippen LogP contribution in [0.3, 0.4) is 0 Å². The van der Waals surface area contributed by atoms with Crippen LogP contribution in [0.15, 0.2) is 0 Å². The molecule has 0 aliphatic carbocycles. The lowest BCUT2D eigenvalue weighted by Crippen LogP contribution is -2.57. The predicted octanol–water partition coefficient (Wildman–Crippen LogP) is 2.22. The number of aliphatic hydroxyl groups is 1. The number of carbonyl (C=O) groups excluding carboxylic acids is 1. The van der Waals surface area contributed by atoms with Crippen LogP contribution in [0, 0.1) is 5.41 Å². The van der Waals surface area contributed by atoms with Crippen LogP contribution in [0.4, 0.5) is 0 Å². The number of esters is 1. The van der Waals surface area contributed by atoms with Crippen molar-refractivity contribution in [3.05, 3.63) is 0 Å². The Bertz CT molecular complexity index is 265. The van der Waals surface area contributed by atoms with E-state index < -0.39 is 11.0 Å². The number of carbonyl (C=O) groups is 1. The molecule has 1 aliphatic heterocycles. The standard InChI is InChI=1S/C12H22O3S/c1-5-15-10(13)11(3,4)12(14)7-6-8-16-9(12)2/h9,14H,5-8H2,1-4H3. The third-order valence-electron chi connectivity index (χ3n) is 3.61. The van der Waals surface area contributed by atoms with Gasteiger partial charge in [0.1, 0.15) is 0 Å². The molecule has 0 saturated carbocycles. The molecule has 1 N–H and O–H groups in total. The largest absolute Gasteiger partial charge is 0.465 e. The van der Waals surface area contributed by atoms with Gasteiger partial charge in [0, 0.05) is 5.25 Å². The smallest absolute Gasteiger partial charge is 0.314 e. The molecule has 0 aromatic carbocycles. The van der Waals surface area contributed by atoms with E-state index in [9.17, 15) is 9.90 Å². The predicted molar refractivity (Wildman–Crippen MR) is 66.5 cm³/mol. The molecule has 94 valence electrons. The van der Waals surface area contributed by atoms with Crippen LogP contribution in [0.2, 0.25) is 0 Å². The van der Waals surface area contributed by atoms with Crippen molar-refractivity contribution in [3.8, 4) is 0 Å². The summed E-state index contributed by atoms with van der Waals surface area (Å²) in [4.78, 5) is 11.9. The molecule has 2 unspecified atom stereocenters. The number of ether oxygens (including phenoxy) is 1. The van der Waals surface area contributed by atoms with Gasteiger partial charge in [-0.25, -0.2) is 0 Å². The van der Waals surface area contributed by atoms with Crippen molar-refractivity contribution in [1.29, 1.82) is 0 Å². The molecule has 0 amide bonds. The van der Waals surface area contributed by atoms with Crippen molar-refractivity contribution in [3.63, 3.8) is 0 Å². The SMILES string of the molecule is CCOC(=O)C(C)(C)C1(O)CCCSC1C. The van der Waals surface area contributed by atoms with E-state index in [1.807, 2.05) is 6.92 Å². The van der Waals surface area contributed by atoms with Gasteiger partial charge in [0.2, 0.25) is 0 Å². The summed E-state index contributed by atoms with van der Waals surface area (Å²) in [7, 11) is 0. The van der Waals surface area contributed by atoms with Crippen molar-refractivity contribution in [1.82, 2.24) is 0 Å². The molecular formula is C12H22O3S. The van der Waals surface area contributed by atoms with E-state index in [4.69, 9.17) is 4.74 Å². The Morgan fingerprint density at radius 1 is 1.62 bits per heavy atom. The zero-order chi connectivity index (χ0) is 12.4. The number of rotatable bonds is 3. The van der Waals surface area contributed by atoms with E-state index in [0.717, 1.165) is 12.2 Å². The molecule has 0 aromatic rings. The highest BCUT2D eigenvalue weighted by Gasteiger charge is 2.53. The van der Waals surface area contributed by atoms with Gasteiger partial charge < -0.3 is 9.84 Å². The highest BCUT2D eigenvalue weighted by molar-refractivity contribution is 8.00. The van der Waals surface area contributed by atoms with Crippen LogP contribution in [0.1, 0.15) is 40.5 Å². The average molecular weight is 246 g/mol. The van der Waals surface area contributed by atoms with Gasteiger partial charge in [0.05, 0.1) is 17.6 Å². The Balaban J connectivity index is 2.90. The van der Waals surface area contributed by atoms with E-state index in [1.165, 1.54) is 0 Å². The second kappa shape index (κ2) is 4.96. The Kier molecular flexibility index (Phi) is 4.29. The highest BCUT2D eigenvalue weighted by atomic mass is 32.2. The molecule has 1 heterocycles. The zero-order valence-corrected chi connectivity index (χ0v) is 11.4. The van der Waals surface area contributed by atoms with E-state index in [-0.39, 0.29) is 11.2 Å². The van der Waals surface area contributed by atoms with Gasteiger partial charge in [0.15, 0.2) is 0 Å². The summed E-state index contributed by atoms with van der Waals surface area (Å²) in [6, 6.07) is 0. The van der Waals surface area contributed by atoms with Gasteiger partial charge in [0.25, 0.3) is 0 Å². The molecular weight excluding hydrogens is 224 g/mol. The molecule has 0 radical (unpaired) electrons. The van der Waals surface area contributed by atoms with E-state index in [2.05, 4.69) is 0 Å². The van der Waals surface area contributed by atoms with Crippen molar-refractivity contribution in [2.24, 2.45) is 5.41 Å². The minimum atomic E-state index is -0.956. The second-order valence-electron chi connectivity index (χ2n) is 4.89. The molecule has 0 bridgehead atoms. The molecule has 1 fully saturated rings. The number of thioether (sulfide) groups is 1. The maximum atomic E-state index is 11.9. The Morgan fingerprint density at radius 2 is 2.25 bits per heavy atom. The molecule has 3 nitrogen and oxygen atoms in total. The Morgan fingerprint density at radius 3 is 2.75 bits per heavy atom. The fourth-order valence-corrected chi connectivity index (χ4v) is 3.60. The van der Waals surface area contributed by atoms with Gasteiger partial charge in [-0.15, -0.1) is 0 Å². The summed E-state index contributed by atoms with van der Waals surface area (Å²) >= 11 is 1.73. The van der Waals surface area contributed by atoms with Crippen molar-refractivity contribution >= 4 is 17.7 Å². The van der Waals surface area contributed by atoms with Crippen LogP contribution in [0.25, 0.3) is 0 Å². The first-order valence-corrected chi connectivity index (χ1v) is 6.92. The quantitative estimate of drug-likeness (QED) is 0.776. The summed E-state index contributed by atoms with van der Waals surface area (Å²) in [6.07, 6.45) is 1.63. The van der Waals surface area contributed by atoms with E-state index >= 15 is 0 Å². The fourth-order valence-electron chi connectivity index (χ4n) is 2.25. The average Bonchev–Trinajstić information content (AvgIpc) is 2.22. The molecule has 0 aromatic heterocycles. The topological polar surface area (TPSA) is 46.5 Å². The summed E-state index contributed by atoms with van der Waals surface area (Å²) in [5.74, 6) is 0.759. The van der Waals surface area contributed by atoms with Crippen LogP contribution < -0.4 is 0 Å². The molecule has 1 saturated heterocycles. The molecule has 1 rings (SSSR count). The maximum absolute atomic E-state index is 11.9. The fraction of sp³-hybridized carbons (Fsp3) is 0.917. The third kappa shape index (κ3) is 2.23. The van der Waals surface area contributed by atoms with Crippen LogP contribution >= 0.6 is 11.8 Å². The minimum Gasteiger partial charge on any atom is -0.465 e. The van der Waals surface area contributed by atoms with Crippen LogP contribution in [-0.4, -0.2) is 34.3 Å². The van der Waals surface area contributed by atoms with Gasteiger partial charge >= 0.3 is 5.97 Å². The number of hydrogen-bond donors (Lipinski definition) is 1. The van der Waals surface area contributed by atoms with Gasteiger partial charge in [-0.1, -0.05) is 6.92 Å². The highest BCUT2D eigenvalue weighted by Crippen LogP contribution is 2.46. The zero-order valence-electron chi connectivity index (χ0n) is 10.6.